The first-order valence-corrected chi connectivity index (χ1v) is 5.77. The fraction of sp³-hybridized carbons (Fsp3) is 0.333. The largest absolute Gasteiger partial charge is 0.301 e. The predicted molar refractivity (Wildman–Crippen MR) is 64.6 cm³/mol. The SMILES string of the molecule is CN1CC=C(c2ccccc2)[C@H](Br)C1. The molecular weight excluding hydrogens is 238 g/mol. The van der Waals surface area contributed by atoms with Gasteiger partial charge in [-0.3, -0.25) is 0 Å². The van der Waals surface area contributed by atoms with E-state index in [0.29, 0.717) is 4.83 Å². The van der Waals surface area contributed by atoms with Gasteiger partial charge in [-0.15, -0.1) is 0 Å². The second-order valence-electron chi connectivity index (χ2n) is 3.71. The normalized spacial score (nSPS) is 23.3. The third-order valence-corrected chi connectivity index (χ3v) is 3.32. The molecule has 0 aliphatic carbocycles. The minimum absolute atomic E-state index is 0.462. The fourth-order valence-corrected chi connectivity index (χ4v) is 2.70. The van der Waals surface area contributed by atoms with Crippen molar-refractivity contribution >= 4 is 21.5 Å². The number of hydrogen-bond acceptors (Lipinski definition) is 1. The number of nitrogens with zero attached hydrogens (tertiary/aromatic N) is 1. The van der Waals surface area contributed by atoms with E-state index >= 15 is 0 Å². The zero-order valence-corrected chi connectivity index (χ0v) is 9.87. The Morgan fingerprint density at radius 1 is 1.29 bits per heavy atom. The molecule has 0 bridgehead atoms. The molecule has 0 fully saturated rings. The summed E-state index contributed by atoms with van der Waals surface area (Å²) in [4.78, 5) is 2.77. The smallest absolute Gasteiger partial charge is 0.0525 e. The van der Waals surface area contributed by atoms with Crippen molar-refractivity contribution in [2.24, 2.45) is 0 Å². The Morgan fingerprint density at radius 3 is 2.64 bits per heavy atom. The molecule has 2 heteroatoms. The van der Waals surface area contributed by atoms with Crippen LogP contribution in [0.15, 0.2) is 36.4 Å². The molecule has 0 spiro atoms. The van der Waals surface area contributed by atoms with Gasteiger partial charge in [0.05, 0.1) is 4.83 Å². The molecule has 1 atom stereocenters. The van der Waals surface area contributed by atoms with Gasteiger partial charge in [0.2, 0.25) is 0 Å². The van der Waals surface area contributed by atoms with Gasteiger partial charge in [-0.05, 0) is 18.2 Å². The third-order valence-electron chi connectivity index (χ3n) is 2.54. The highest BCUT2D eigenvalue weighted by Crippen LogP contribution is 2.27. The maximum atomic E-state index is 3.72. The zero-order chi connectivity index (χ0) is 9.97. The lowest BCUT2D eigenvalue weighted by Gasteiger charge is -2.26. The highest BCUT2D eigenvalue weighted by molar-refractivity contribution is 9.09. The molecular formula is C12H14BrN. The molecule has 0 saturated carbocycles. The van der Waals surface area contributed by atoms with Crippen molar-refractivity contribution in [3.63, 3.8) is 0 Å². The van der Waals surface area contributed by atoms with Crippen LogP contribution in [0.3, 0.4) is 0 Å². The van der Waals surface area contributed by atoms with Crippen molar-refractivity contribution in [2.45, 2.75) is 4.83 Å². The van der Waals surface area contributed by atoms with Crippen LogP contribution in [0.25, 0.3) is 5.57 Å². The molecule has 0 unspecified atom stereocenters. The van der Waals surface area contributed by atoms with Gasteiger partial charge in [0.1, 0.15) is 0 Å². The molecule has 0 radical (unpaired) electrons. The molecule has 0 amide bonds. The fourth-order valence-electron chi connectivity index (χ4n) is 1.76. The van der Waals surface area contributed by atoms with E-state index in [9.17, 15) is 0 Å². The van der Waals surface area contributed by atoms with Crippen LogP contribution < -0.4 is 0 Å². The number of likely N-dealkylation sites (N-methyl/N-ethyl adjacent to an activating group) is 1. The summed E-state index contributed by atoms with van der Waals surface area (Å²) in [5.41, 5.74) is 2.76. The highest BCUT2D eigenvalue weighted by atomic mass is 79.9. The van der Waals surface area contributed by atoms with Crippen LogP contribution >= 0.6 is 15.9 Å². The Balaban J connectivity index is 2.27. The van der Waals surface area contributed by atoms with Crippen LogP contribution in [0.4, 0.5) is 0 Å². The van der Waals surface area contributed by atoms with Crippen molar-refractivity contribution in [3.8, 4) is 0 Å². The van der Waals surface area contributed by atoms with E-state index in [1.54, 1.807) is 0 Å². The monoisotopic (exact) mass is 251 g/mol. The predicted octanol–water partition coefficient (Wildman–Crippen LogP) is 2.78. The lowest BCUT2D eigenvalue weighted by Crippen LogP contribution is -2.31. The van der Waals surface area contributed by atoms with Gasteiger partial charge in [-0.1, -0.05) is 52.3 Å². The maximum Gasteiger partial charge on any atom is 0.0525 e. The summed E-state index contributed by atoms with van der Waals surface area (Å²) in [5, 5.41) is 0. The standard InChI is InChI=1S/C12H14BrN/c1-14-8-7-11(12(13)9-14)10-5-3-2-4-6-10/h2-7,12H,8-9H2,1H3/t12-/m1/s1. The van der Waals surface area contributed by atoms with Crippen molar-refractivity contribution in [1.82, 2.24) is 4.90 Å². The van der Waals surface area contributed by atoms with Gasteiger partial charge < -0.3 is 4.90 Å². The van der Waals surface area contributed by atoms with Crippen LogP contribution in [-0.2, 0) is 0 Å². The zero-order valence-electron chi connectivity index (χ0n) is 8.28. The van der Waals surface area contributed by atoms with Crippen molar-refractivity contribution in [3.05, 3.63) is 42.0 Å². The topological polar surface area (TPSA) is 3.24 Å². The summed E-state index contributed by atoms with van der Waals surface area (Å²) in [5.74, 6) is 0. The molecule has 1 aromatic carbocycles. The summed E-state index contributed by atoms with van der Waals surface area (Å²) in [6.07, 6.45) is 2.30. The van der Waals surface area contributed by atoms with E-state index < -0.39 is 0 Å². The number of hydrogen-bond donors (Lipinski definition) is 0. The van der Waals surface area contributed by atoms with Crippen LogP contribution in [0.5, 0.6) is 0 Å². The van der Waals surface area contributed by atoms with Crippen LogP contribution in [0, 0.1) is 0 Å². The molecule has 1 aromatic rings. The molecule has 1 nitrogen and oxygen atoms in total. The molecule has 0 saturated heterocycles. The summed E-state index contributed by atoms with van der Waals surface area (Å²) >= 11 is 3.72. The Hall–Kier alpha value is -0.600. The molecule has 0 N–H and O–H groups in total. The first kappa shape index (κ1) is 9.94. The van der Waals surface area contributed by atoms with Gasteiger partial charge in [0, 0.05) is 13.1 Å². The second-order valence-corrected chi connectivity index (χ2v) is 4.82. The number of rotatable bonds is 1. The van der Waals surface area contributed by atoms with Gasteiger partial charge in [0.25, 0.3) is 0 Å². The Bertz CT molecular complexity index is 331. The quantitative estimate of drug-likeness (QED) is 0.695. The summed E-state index contributed by atoms with van der Waals surface area (Å²) in [7, 11) is 2.15. The van der Waals surface area contributed by atoms with Crippen molar-refractivity contribution < 1.29 is 0 Å². The number of benzene rings is 1. The number of halogens is 1. The average molecular weight is 252 g/mol. The van der Waals surface area contributed by atoms with E-state index in [1.165, 1.54) is 11.1 Å². The molecule has 0 aromatic heterocycles. The first-order chi connectivity index (χ1) is 6.77. The van der Waals surface area contributed by atoms with Crippen LogP contribution in [0.2, 0.25) is 0 Å². The van der Waals surface area contributed by atoms with E-state index in [2.05, 4.69) is 64.3 Å². The Labute approximate surface area is 93.6 Å². The van der Waals surface area contributed by atoms with Gasteiger partial charge in [-0.2, -0.15) is 0 Å². The molecule has 1 heterocycles. The third kappa shape index (κ3) is 2.07. The second kappa shape index (κ2) is 4.28. The number of alkyl halides is 1. The van der Waals surface area contributed by atoms with E-state index in [1.807, 2.05) is 0 Å². The minimum Gasteiger partial charge on any atom is -0.301 e. The van der Waals surface area contributed by atoms with Gasteiger partial charge >= 0.3 is 0 Å². The van der Waals surface area contributed by atoms with Gasteiger partial charge in [-0.25, -0.2) is 0 Å². The van der Waals surface area contributed by atoms with Crippen LogP contribution in [0.1, 0.15) is 5.56 Å². The van der Waals surface area contributed by atoms with E-state index in [4.69, 9.17) is 0 Å². The molecule has 74 valence electrons. The summed E-state index contributed by atoms with van der Waals surface area (Å²) in [6, 6.07) is 10.6. The lowest BCUT2D eigenvalue weighted by molar-refractivity contribution is 0.375. The molecule has 1 aliphatic rings. The van der Waals surface area contributed by atoms with Gasteiger partial charge in [0.15, 0.2) is 0 Å². The summed E-state index contributed by atoms with van der Waals surface area (Å²) in [6.45, 7) is 2.13. The highest BCUT2D eigenvalue weighted by Gasteiger charge is 2.18. The maximum absolute atomic E-state index is 3.72. The van der Waals surface area contributed by atoms with Crippen LogP contribution in [-0.4, -0.2) is 29.9 Å². The molecule has 14 heavy (non-hydrogen) atoms. The summed E-state index contributed by atoms with van der Waals surface area (Å²) < 4.78 is 0. The van der Waals surface area contributed by atoms with Crippen molar-refractivity contribution in [2.75, 3.05) is 20.1 Å². The van der Waals surface area contributed by atoms with E-state index in [-0.39, 0.29) is 0 Å². The first-order valence-electron chi connectivity index (χ1n) is 4.85. The molecule has 1 aliphatic heterocycles. The molecule has 2 rings (SSSR count). The Morgan fingerprint density at radius 2 is 2.00 bits per heavy atom. The van der Waals surface area contributed by atoms with Crippen molar-refractivity contribution in [1.29, 1.82) is 0 Å². The van der Waals surface area contributed by atoms with E-state index in [0.717, 1.165) is 13.1 Å². The minimum atomic E-state index is 0.462. The Kier molecular flexibility index (Phi) is 3.04. The average Bonchev–Trinajstić information content (AvgIpc) is 2.19. The lowest BCUT2D eigenvalue weighted by atomic mass is 10.00.